The van der Waals surface area contributed by atoms with Crippen LogP contribution in [0, 0.1) is 0 Å². The fourth-order valence-corrected chi connectivity index (χ4v) is 2.80. The number of carbonyl (C=O) groups is 1. The lowest BCUT2D eigenvalue weighted by Crippen LogP contribution is -2.35. The standard InChI is InChI=1S/C13H18ClN3OS/c1-19-13-15-8-10(14)11(17-13)12(18)16-9-6-4-2-3-5-7-9/h8-9H,2-7H2,1H3,(H,16,18). The van der Waals surface area contributed by atoms with Gasteiger partial charge in [-0.2, -0.15) is 0 Å². The predicted octanol–water partition coefficient (Wildman–Crippen LogP) is 3.30. The van der Waals surface area contributed by atoms with Crippen molar-refractivity contribution >= 4 is 29.3 Å². The third-order valence-corrected chi connectivity index (χ3v) is 4.15. The molecule has 0 aliphatic heterocycles. The molecule has 0 saturated heterocycles. The van der Waals surface area contributed by atoms with Gasteiger partial charge in [0.05, 0.1) is 11.2 Å². The molecule has 1 amide bonds. The smallest absolute Gasteiger partial charge is 0.271 e. The Kier molecular flexibility index (Phi) is 5.45. The van der Waals surface area contributed by atoms with Crippen molar-refractivity contribution in [3.05, 3.63) is 16.9 Å². The van der Waals surface area contributed by atoms with E-state index in [1.54, 1.807) is 0 Å². The molecule has 1 saturated carbocycles. The van der Waals surface area contributed by atoms with Crippen LogP contribution in [0.15, 0.2) is 11.4 Å². The minimum absolute atomic E-state index is 0.186. The van der Waals surface area contributed by atoms with E-state index in [2.05, 4.69) is 15.3 Å². The minimum Gasteiger partial charge on any atom is -0.348 e. The van der Waals surface area contributed by atoms with Gasteiger partial charge in [0.1, 0.15) is 0 Å². The van der Waals surface area contributed by atoms with Gasteiger partial charge in [0, 0.05) is 6.04 Å². The van der Waals surface area contributed by atoms with Crippen LogP contribution in [0.2, 0.25) is 5.02 Å². The van der Waals surface area contributed by atoms with Crippen molar-refractivity contribution in [3.63, 3.8) is 0 Å². The number of halogens is 1. The summed E-state index contributed by atoms with van der Waals surface area (Å²) in [6.45, 7) is 0. The first-order chi connectivity index (χ1) is 9.20. The van der Waals surface area contributed by atoms with E-state index in [9.17, 15) is 4.79 Å². The summed E-state index contributed by atoms with van der Waals surface area (Å²) in [5.41, 5.74) is 0.283. The van der Waals surface area contributed by atoms with E-state index >= 15 is 0 Å². The van der Waals surface area contributed by atoms with Crippen molar-refractivity contribution in [2.45, 2.75) is 49.7 Å². The van der Waals surface area contributed by atoms with E-state index < -0.39 is 0 Å². The normalized spacial score (nSPS) is 16.9. The Morgan fingerprint density at radius 1 is 1.37 bits per heavy atom. The molecule has 0 bridgehead atoms. The van der Waals surface area contributed by atoms with Crippen LogP contribution in [0.4, 0.5) is 0 Å². The molecule has 0 aromatic carbocycles. The van der Waals surface area contributed by atoms with Gasteiger partial charge < -0.3 is 5.32 Å². The summed E-state index contributed by atoms with van der Waals surface area (Å²) < 4.78 is 0. The van der Waals surface area contributed by atoms with Crippen LogP contribution in [0.5, 0.6) is 0 Å². The lowest BCUT2D eigenvalue weighted by atomic mass is 10.1. The van der Waals surface area contributed by atoms with Crippen molar-refractivity contribution in [1.82, 2.24) is 15.3 Å². The molecule has 1 N–H and O–H groups in total. The van der Waals surface area contributed by atoms with E-state index in [-0.39, 0.29) is 17.6 Å². The quantitative estimate of drug-likeness (QED) is 0.528. The van der Waals surface area contributed by atoms with Crippen LogP contribution in [0.25, 0.3) is 0 Å². The van der Waals surface area contributed by atoms with Crippen molar-refractivity contribution in [3.8, 4) is 0 Å². The zero-order valence-corrected chi connectivity index (χ0v) is 12.6. The molecule has 104 valence electrons. The predicted molar refractivity (Wildman–Crippen MR) is 77.8 cm³/mol. The van der Waals surface area contributed by atoms with Gasteiger partial charge in [0.2, 0.25) is 0 Å². The molecule has 1 aromatic rings. The molecule has 1 heterocycles. The Morgan fingerprint density at radius 3 is 2.68 bits per heavy atom. The molecule has 4 nitrogen and oxygen atoms in total. The van der Waals surface area contributed by atoms with Crippen molar-refractivity contribution in [2.75, 3.05) is 6.26 Å². The van der Waals surface area contributed by atoms with Gasteiger partial charge in [-0.05, 0) is 19.1 Å². The molecule has 0 atom stereocenters. The lowest BCUT2D eigenvalue weighted by molar-refractivity contribution is 0.0927. The first-order valence-corrected chi connectivity index (χ1v) is 8.18. The highest BCUT2D eigenvalue weighted by Crippen LogP contribution is 2.20. The van der Waals surface area contributed by atoms with Crippen LogP contribution in [-0.4, -0.2) is 28.2 Å². The second kappa shape index (κ2) is 7.10. The fraction of sp³-hybridized carbons (Fsp3) is 0.615. The highest BCUT2D eigenvalue weighted by atomic mass is 35.5. The lowest BCUT2D eigenvalue weighted by Gasteiger charge is -2.16. The van der Waals surface area contributed by atoms with Gasteiger partial charge in [0.25, 0.3) is 5.91 Å². The van der Waals surface area contributed by atoms with Crippen LogP contribution in [-0.2, 0) is 0 Å². The monoisotopic (exact) mass is 299 g/mol. The van der Waals surface area contributed by atoms with Crippen molar-refractivity contribution in [2.24, 2.45) is 0 Å². The molecule has 2 rings (SSSR count). The maximum absolute atomic E-state index is 12.2. The number of carbonyl (C=O) groups excluding carboxylic acids is 1. The third-order valence-electron chi connectivity index (χ3n) is 3.31. The van der Waals surface area contributed by atoms with Crippen LogP contribution < -0.4 is 5.32 Å². The van der Waals surface area contributed by atoms with Gasteiger partial charge in [0.15, 0.2) is 10.9 Å². The molecule has 1 fully saturated rings. The van der Waals surface area contributed by atoms with Crippen molar-refractivity contribution < 1.29 is 4.79 Å². The average molecular weight is 300 g/mol. The molecule has 6 heteroatoms. The molecule has 0 spiro atoms. The average Bonchev–Trinajstić information content (AvgIpc) is 2.68. The summed E-state index contributed by atoms with van der Waals surface area (Å²) in [5, 5.41) is 3.92. The Labute approximate surface area is 122 Å². The molecule has 0 unspecified atom stereocenters. The summed E-state index contributed by atoms with van der Waals surface area (Å²) in [6.07, 6.45) is 10.3. The minimum atomic E-state index is -0.186. The largest absolute Gasteiger partial charge is 0.348 e. The van der Waals surface area contributed by atoms with Crippen LogP contribution >= 0.6 is 23.4 Å². The Morgan fingerprint density at radius 2 is 2.05 bits per heavy atom. The Balaban J connectivity index is 2.06. The molecule has 1 aliphatic carbocycles. The first kappa shape index (κ1) is 14.6. The van der Waals surface area contributed by atoms with Crippen molar-refractivity contribution in [1.29, 1.82) is 0 Å². The van der Waals surface area contributed by atoms with E-state index in [1.807, 2.05) is 6.26 Å². The SMILES string of the molecule is CSc1ncc(Cl)c(C(=O)NC2CCCCCC2)n1. The number of nitrogens with zero attached hydrogens (tertiary/aromatic N) is 2. The summed E-state index contributed by atoms with van der Waals surface area (Å²) in [4.78, 5) is 20.4. The third kappa shape index (κ3) is 4.08. The molecular weight excluding hydrogens is 282 g/mol. The summed E-state index contributed by atoms with van der Waals surface area (Å²) in [6, 6.07) is 0.249. The van der Waals surface area contributed by atoms with E-state index in [0.717, 1.165) is 12.8 Å². The first-order valence-electron chi connectivity index (χ1n) is 6.58. The molecular formula is C13H18ClN3OS. The van der Waals surface area contributed by atoms with E-state index in [1.165, 1.54) is 43.6 Å². The summed E-state index contributed by atoms with van der Waals surface area (Å²) >= 11 is 7.40. The summed E-state index contributed by atoms with van der Waals surface area (Å²) in [7, 11) is 0. The van der Waals surface area contributed by atoms with Gasteiger partial charge >= 0.3 is 0 Å². The topological polar surface area (TPSA) is 54.9 Å². The number of hydrogen-bond acceptors (Lipinski definition) is 4. The number of thioether (sulfide) groups is 1. The van der Waals surface area contributed by atoms with Crippen LogP contribution in [0.1, 0.15) is 49.0 Å². The fourth-order valence-electron chi connectivity index (χ4n) is 2.29. The number of amides is 1. The Bertz CT molecular complexity index is 448. The van der Waals surface area contributed by atoms with Gasteiger partial charge in [-0.1, -0.05) is 49.0 Å². The molecule has 19 heavy (non-hydrogen) atoms. The highest BCUT2D eigenvalue weighted by molar-refractivity contribution is 7.98. The van der Waals surface area contributed by atoms with E-state index in [4.69, 9.17) is 11.6 Å². The highest BCUT2D eigenvalue weighted by Gasteiger charge is 2.19. The van der Waals surface area contributed by atoms with Gasteiger partial charge in [-0.3, -0.25) is 4.79 Å². The van der Waals surface area contributed by atoms with Gasteiger partial charge in [-0.25, -0.2) is 9.97 Å². The number of hydrogen-bond donors (Lipinski definition) is 1. The second-order valence-corrected chi connectivity index (χ2v) is 5.90. The zero-order valence-electron chi connectivity index (χ0n) is 11.0. The second-order valence-electron chi connectivity index (χ2n) is 4.72. The number of aromatic nitrogens is 2. The summed E-state index contributed by atoms with van der Waals surface area (Å²) in [5.74, 6) is -0.186. The van der Waals surface area contributed by atoms with Gasteiger partial charge in [-0.15, -0.1) is 0 Å². The molecule has 1 aliphatic rings. The number of nitrogens with one attached hydrogen (secondary N) is 1. The zero-order chi connectivity index (χ0) is 13.7. The van der Waals surface area contributed by atoms with Crippen LogP contribution in [0.3, 0.4) is 0 Å². The molecule has 1 aromatic heterocycles. The molecule has 0 radical (unpaired) electrons. The maximum atomic E-state index is 12.2. The number of rotatable bonds is 3. The Hall–Kier alpha value is -0.810. The van der Waals surface area contributed by atoms with E-state index in [0.29, 0.717) is 10.2 Å². The maximum Gasteiger partial charge on any atom is 0.271 e.